The van der Waals surface area contributed by atoms with Crippen molar-refractivity contribution < 1.29 is 9.53 Å². The Morgan fingerprint density at radius 2 is 1.95 bits per heavy atom. The number of methoxy groups -OCH3 is 1. The van der Waals surface area contributed by atoms with Gasteiger partial charge in [0.25, 0.3) is 0 Å². The lowest BCUT2D eigenvalue weighted by atomic mass is 10.0. The van der Waals surface area contributed by atoms with Crippen molar-refractivity contribution in [2.45, 2.75) is 32.0 Å². The summed E-state index contributed by atoms with van der Waals surface area (Å²) in [5.41, 5.74) is 0.437. The molecule has 0 saturated carbocycles. The Morgan fingerprint density at radius 3 is 2.42 bits per heavy atom. The molecule has 0 unspecified atom stereocenters. The SMILES string of the molecule is C=C[C@H](CC(=O)OC)[C@H](C)[Si](C)(C)c1ccccc1. The lowest BCUT2D eigenvalue weighted by molar-refractivity contribution is -0.141. The molecule has 3 heteroatoms. The van der Waals surface area contributed by atoms with E-state index in [1.54, 1.807) is 0 Å². The maximum Gasteiger partial charge on any atom is 0.306 e. The topological polar surface area (TPSA) is 26.3 Å². The van der Waals surface area contributed by atoms with E-state index in [9.17, 15) is 4.79 Å². The average Bonchev–Trinajstić information content (AvgIpc) is 2.44. The number of hydrogen-bond donors (Lipinski definition) is 0. The second-order valence-electron chi connectivity index (χ2n) is 5.56. The first-order chi connectivity index (χ1) is 8.93. The molecule has 0 aliphatic carbocycles. The van der Waals surface area contributed by atoms with Gasteiger partial charge in [-0.25, -0.2) is 0 Å². The minimum absolute atomic E-state index is 0.158. The van der Waals surface area contributed by atoms with Crippen LogP contribution in [-0.2, 0) is 9.53 Å². The first-order valence-electron chi connectivity index (χ1n) is 6.68. The molecule has 2 atom stereocenters. The van der Waals surface area contributed by atoms with Crippen molar-refractivity contribution in [2.24, 2.45) is 5.92 Å². The van der Waals surface area contributed by atoms with Gasteiger partial charge in [0.1, 0.15) is 0 Å². The summed E-state index contributed by atoms with van der Waals surface area (Å²) in [5.74, 6) is 0.0175. The van der Waals surface area contributed by atoms with Gasteiger partial charge in [-0.3, -0.25) is 4.79 Å². The van der Waals surface area contributed by atoms with Crippen molar-refractivity contribution in [1.82, 2.24) is 0 Å². The number of ether oxygens (including phenoxy) is 1. The van der Waals surface area contributed by atoms with Gasteiger partial charge in [0, 0.05) is 0 Å². The molecule has 1 aromatic carbocycles. The van der Waals surface area contributed by atoms with E-state index in [0.717, 1.165) is 0 Å². The predicted octanol–water partition coefficient (Wildman–Crippen LogP) is 3.36. The second-order valence-corrected chi connectivity index (χ2v) is 10.5. The minimum Gasteiger partial charge on any atom is -0.469 e. The normalized spacial score (nSPS) is 14.5. The van der Waals surface area contributed by atoms with Gasteiger partial charge in [0.05, 0.1) is 21.6 Å². The number of allylic oxidation sites excluding steroid dienone is 1. The molecule has 0 aliphatic heterocycles. The van der Waals surface area contributed by atoms with Crippen LogP contribution in [0.4, 0.5) is 0 Å². The van der Waals surface area contributed by atoms with Gasteiger partial charge >= 0.3 is 5.97 Å². The maximum absolute atomic E-state index is 11.5. The van der Waals surface area contributed by atoms with E-state index in [0.29, 0.717) is 12.0 Å². The monoisotopic (exact) mass is 276 g/mol. The van der Waals surface area contributed by atoms with Crippen LogP contribution in [0.1, 0.15) is 13.3 Å². The van der Waals surface area contributed by atoms with Gasteiger partial charge in [0.15, 0.2) is 0 Å². The third kappa shape index (κ3) is 3.80. The fourth-order valence-corrected chi connectivity index (χ4v) is 5.31. The van der Waals surface area contributed by atoms with E-state index in [1.165, 1.54) is 12.3 Å². The molecule has 0 radical (unpaired) electrons. The van der Waals surface area contributed by atoms with Crippen LogP contribution in [0.5, 0.6) is 0 Å². The quantitative estimate of drug-likeness (QED) is 0.452. The molecule has 0 N–H and O–H groups in total. The lowest BCUT2D eigenvalue weighted by Crippen LogP contribution is -2.47. The molecule has 0 bridgehead atoms. The van der Waals surface area contributed by atoms with Gasteiger partial charge < -0.3 is 4.74 Å². The fraction of sp³-hybridized carbons (Fsp3) is 0.438. The molecule has 0 aliphatic rings. The summed E-state index contributed by atoms with van der Waals surface area (Å²) in [6.45, 7) is 10.8. The molecule has 0 saturated heterocycles. The first kappa shape index (κ1) is 15.7. The Labute approximate surface area is 117 Å². The van der Waals surface area contributed by atoms with Crippen LogP contribution in [0.2, 0.25) is 18.6 Å². The highest BCUT2D eigenvalue weighted by Crippen LogP contribution is 2.32. The minimum atomic E-state index is -1.63. The summed E-state index contributed by atoms with van der Waals surface area (Å²) in [7, 11) is -0.188. The third-order valence-corrected chi connectivity index (χ3v) is 8.76. The van der Waals surface area contributed by atoms with Gasteiger partial charge in [0.2, 0.25) is 0 Å². The fourth-order valence-electron chi connectivity index (χ4n) is 2.41. The highest BCUT2D eigenvalue weighted by atomic mass is 28.3. The second kappa shape index (κ2) is 6.71. The van der Waals surface area contributed by atoms with Crippen LogP contribution < -0.4 is 5.19 Å². The van der Waals surface area contributed by atoms with Crippen LogP contribution in [0, 0.1) is 5.92 Å². The Bertz CT molecular complexity index is 426. The van der Waals surface area contributed by atoms with Crippen LogP contribution in [-0.4, -0.2) is 21.2 Å². The Hall–Kier alpha value is -1.35. The number of esters is 1. The van der Waals surface area contributed by atoms with Gasteiger partial charge in [-0.05, 0) is 11.5 Å². The molecule has 104 valence electrons. The first-order valence-corrected chi connectivity index (χ1v) is 9.76. The number of benzene rings is 1. The summed E-state index contributed by atoms with van der Waals surface area (Å²) >= 11 is 0. The van der Waals surface area contributed by atoms with Crippen molar-refractivity contribution in [3.05, 3.63) is 43.0 Å². The summed E-state index contributed by atoms with van der Waals surface area (Å²) in [6.07, 6.45) is 2.32. The lowest BCUT2D eigenvalue weighted by Gasteiger charge is -2.34. The molecule has 1 aromatic rings. The molecule has 0 fully saturated rings. The van der Waals surface area contributed by atoms with Crippen molar-refractivity contribution >= 4 is 19.2 Å². The van der Waals surface area contributed by atoms with Crippen LogP contribution >= 0.6 is 0 Å². The molecular formula is C16H24O2Si. The summed E-state index contributed by atoms with van der Waals surface area (Å²) < 4.78 is 4.78. The van der Waals surface area contributed by atoms with Crippen molar-refractivity contribution in [2.75, 3.05) is 7.11 Å². The Balaban J connectivity index is 2.92. The predicted molar refractivity (Wildman–Crippen MR) is 83.3 cm³/mol. The molecule has 19 heavy (non-hydrogen) atoms. The van der Waals surface area contributed by atoms with E-state index in [1.807, 2.05) is 12.1 Å². The zero-order chi connectivity index (χ0) is 14.5. The van der Waals surface area contributed by atoms with Gasteiger partial charge in [-0.15, -0.1) is 6.58 Å². The largest absolute Gasteiger partial charge is 0.469 e. The number of rotatable bonds is 6. The van der Waals surface area contributed by atoms with E-state index in [2.05, 4.69) is 50.9 Å². The molecule has 0 heterocycles. The van der Waals surface area contributed by atoms with E-state index in [4.69, 9.17) is 4.74 Å². The highest BCUT2D eigenvalue weighted by molar-refractivity contribution is 6.91. The van der Waals surface area contributed by atoms with Crippen molar-refractivity contribution in [1.29, 1.82) is 0 Å². The van der Waals surface area contributed by atoms with Crippen LogP contribution in [0.25, 0.3) is 0 Å². The number of hydrogen-bond acceptors (Lipinski definition) is 2. The highest BCUT2D eigenvalue weighted by Gasteiger charge is 2.35. The zero-order valence-corrected chi connectivity index (χ0v) is 13.3. The number of carbonyl (C=O) groups is 1. The van der Waals surface area contributed by atoms with Crippen LogP contribution in [0.15, 0.2) is 43.0 Å². The van der Waals surface area contributed by atoms with Crippen LogP contribution in [0.3, 0.4) is 0 Å². The van der Waals surface area contributed by atoms with Crippen molar-refractivity contribution in [3.63, 3.8) is 0 Å². The van der Waals surface area contributed by atoms with E-state index < -0.39 is 8.07 Å². The summed E-state index contributed by atoms with van der Waals surface area (Å²) in [5, 5.41) is 1.42. The summed E-state index contributed by atoms with van der Waals surface area (Å²) in [6, 6.07) is 10.6. The molecular weight excluding hydrogens is 252 g/mol. The van der Waals surface area contributed by atoms with E-state index >= 15 is 0 Å². The molecule has 0 aromatic heterocycles. The smallest absolute Gasteiger partial charge is 0.306 e. The Kier molecular flexibility index (Phi) is 5.55. The van der Waals surface area contributed by atoms with Gasteiger partial charge in [-0.1, -0.05) is 61.6 Å². The van der Waals surface area contributed by atoms with Gasteiger partial charge in [-0.2, -0.15) is 0 Å². The molecule has 1 rings (SSSR count). The molecule has 0 amide bonds. The zero-order valence-electron chi connectivity index (χ0n) is 12.3. The maximum atomic E-state index is 11.5. The Morgan fingerprint density at radius 1 is 1.37 bits per heavy atom. The van der Waals surface area contributed by atoms with E-state index in [-0.39, 0.29) is 11.9 Å². The standard InChI is InChI=1S/C16H24O2Si/c1-6-14(12-16(17)18-3)13(2)19(4,5)15-10-8-7-9-11-15/h6-11,13-14H,1,12H2,2-5H3/t13-,14+/m0/s1. The molecule has 0 spiro atoms. The third-order valence-electron chi connectivity index (χ3n) is 4.23. The molecule has 2 nitrogen and oxygen atoms in total. The summed E-state index contributed by atoms with van der Waals surface area (Å²) in [4.78, 5) is 11.5. The average molecular weight is 276 g/mol. The number of carbonyl (C=O) groups excluding carboxylic acids is 1. The van der Waals surface area contributed by atoms with Crippen molar-refractivity contribution in [3.8, 4) is 0 Å².